The first-order valence-corrected chi connectivity index (χ1v) is 10.8. The SMILES string of the molecule is Cc1ccc(S(C)(=O)=O)cc1C(=O)N1CC(C)C(NC(=O)OC(C)(C)C)C1. The van der Waals surface area contributed by atoms with Crippen molar-refractivity contribution in [2.75, 3.05) is 19.3 Å². The van der Waals surface area contributed by atoms with E-state index in [0.29, 0.717) is 24.2 Å². The van der Waals surface area contributed by atoms with Gasteiger partial charge in [0, 0.05) is 24.9 Å². The van der Waals surface area contributed by atoms with Crippen LogP contribution >= 0.6 is 0 Å². The van der Waals surface area contributed by atoms with Crippen molar-refractivity contribution in [3.05, 3.63) is 29.3 Å². The van der Waals surface area contributed by atoms with Crippen molar-refractivity contribution in [3.8, 4) is 0 Å². The van der Waals surface area contributed by atoms with Crippen LogP contribution in [0.1, 0.15) is 43.6 Å². The first-order valence-electron chi connectivity index (χ1n) is 8.87. The Labute approximate surface area is 161 Å². The van der Waals surface area contributed by atoms with Gasteiger partial charge in [-0.25, -0.2) is 13.2 Å². The van der Waals surface area contributed by atoms with Crippen LogP contribution in [0.2, 0.25) is 0 Å². The van der Waals surface area contributed by atoms with Gasteiger partial charge in [-0.2, -0.15) is 0 Å². The van der Waals surface area contributed by atoms with Gasteiger partial charge in [0.1, 0.15) is 5.60 Å². The van der Waals surface area contributed by atoms with Crippen molar-refractivity contribution in [1.82, 2.24) is 10.2 Å². The van der Waals surface area contributed by atoms with Crippen LogP contribution in [0.3, 0.4) is 0 Å². The quantitative estimate of drug-likeness (QED) is 0.847. The number of hydrogen-bond acceptors (Lipinski definition) is 5. The molecule has 1 aromatic carbocycles. The zero-order valence-electron chi connectivity index (χ0n) is 16.7. The lowest BCUT2D eigenvalue weighted by Gasteiger charge is -2.23. The number of benzene rings is 1. The summed E-state index contributed by atoms with van der Waals surface area (Å²) in [5.41, 5.74) is 0.483. The van der Waals surface area contributed by atoms with Crippen LogP contribution in [0, 0.1) is 12.8 Å². The lowest BCUT2D eigenvalue weighted by Crippen LogP contribution is -2.43. The smallest absolute Gasteiger partial charge is 0.407 e. The summed E-state index contributed by atoms with van der Waals surface area (Å²) >= 11 is 0. The number of ether oxygens (including phenoxy) is 1. The summed E-state index contributed by atoms with van der Waals surface area (Å²) in [5.74, 6) is -0.182. The lowest BCUT2D eigenvalue weighted by atomic mass is 10.1. The van der Waals surface area contributed by atoms with Crippen LogP contribution in [-0.4, -0.2) is 56.3 Å². The Morgan fingerprint density at radius 1 is 1.22 bits per heavy atom. The van der Waals surface area contributed by atoms with Gasteiger partial charge in [0.15, 0.2) is 9.84 Å². The van der Waals surface area contributed by atoms with Gasteiger partial charge in [-0.05, 0) is 51.3 Å². The highest BCUT2D eigenvalue weighted by atomic mass is 32.2. The Bertz CT molecular complexity index is 842. The Balaban J connectivity index is 2.14. The molecule has 0 spiro atoms. The second-order valence-electron chi connectivity index (χ2n) is 8.19. The van der Waals surface area contributed by atoms with E-state index in [1.54, 1.807) is 38.7 Å². The summed E-state index contributed by atoms with van der Waals surface area (Å²) < 4.78 is 28.9. The predicted molar refractivity (Wildman–Crippen MR) is 103 cm³/mol. The van der Waals surface area contributed by atoms with Gasteiger partial charge in [0.2, 0.25) is 0 Å². The fourth-order valence-corrected chi connectivity index (χ4v) is 3.66. The van der Waals surface area contributed by atoms with Crippen LogP contribution in [-0.2, 0) is 14.6 Å². The third-order valence-corrected chi connectivity index (χ3v) is 5.58. The molecular formula is C19H28N2O5S. The van der Waals surface area contributed by atoms with E-state index in [1.807, 2.05) is 6.92 Å². The molecule has 1 fully saturated rings. The molecule has 7 nitrogen and oxygen atoms in total. The maximum atomic E-state index is 12.9. The van der Waals surface area contributed by atoms with Crippen LogP contribution in [0.25, 0.3) is 0 Å². The van der Waals surface area contributed by atoms with Crippen molar-refractivity contribution in [1.29, 1.82) is 0 Å². The Morgan fingerprint density at radius 2 is 1.85 bits per heavy atom. The van der Waals surface area contributed by atoms with Crippen molar-refractivity contribution < 1.29 is 22.7 Å². The summed E-state index contributed by atoms with van der Waals surface area (Å²) in [4.78, 5) is 26.7. The number of carbonyl (C=O) groups excluding carboxylic acids is 2. The average molecular weight is 397 g/mol. The number of sulfone groups is 1. The normalized spacial score (nSPS) is 20.4. The number of alkyl carbamates (subject to hydrolysis) is 1. The van der Waals surface area contributed by atoms with Gasteiger partial charge >= 0.3 is 6.09 Å². The first kappa shape index (κ1) is 21.2. The minimum absolute atomic E-state index is 0.0554. The highest BCUT2D eigenvalue weighted by Crippen LogP contribution is 2.23. The van der Waals surface area contributed by atoms with E-state index in [4.69, 9.17) is 4.74 Å². The molecule has 1 heterocycles. The molecule has 1 saturated heterocycles. The molecule has 2 amide bonds. The molecule has 0 saturated carbocycles. The largest absolute Gasteiger partial charge is 0.444 e. The monoisotopic (exact) mass is 396 g/mol. The Hall–Kier alpha value is -2.09. The summed E-state index contributed by atoms with van der Waals surface area (Å²) in [6.07, 6.45) is 0.605. The summed E-state index contributed by atoms with van der Waals surface area (Å²) in [5, 5.41) is 2.82. The maximum Gasteiger partial charge on any atom is 0.407 e. The number of likely N-dealkylation sites (tertiary alicyclic amines) is 1. The number of rotatable bonds is 3. The van der Waals surface area contributed by atoms with Gasteiger partial charge in [0.25, 0.3) is 5.91 Å². The highest BCUT2D eigenvalue weighted by Gasteiger charge is 2.35. The molecule has 0 radical (unpaired) electrons. The topological polar surface area (TPSA) is 92.8 Å². The molecule has 2 atom stereocenters. The third-order valence-electron chi connectivity index (χ3n) is 4.47. The Morgan fingerprint density at radius 3 is 2.41 bits per heavy atom. The Kier molecular flexibility index (Phi) is 5.89. The van der Waals surface area contributed by atoms with Gasteiger partial charge in [0.05, 0.1) is 10.9 Å². The number of carbonyl (C=O) groups is 2. The van der Waals surface area contributed by atoms with Gasteiger partial charge in [-0.1, -0.05) is 13.0 Å². The molecule has 150 valence electrons. The lowest BCUT2D eigenvalue weighted by molar-refractivity contribution is 0.0494. The van der Waals surface area contributed by atoms with E-state index in [0.717, 1.165) is 6.26 Å². The fourth-order valence-electron chi connectivity index (χ4n) is 3.01. The highest BCUT2D eigenvalue weighted by molar-refractivity contribution is 7.90. The number of hydrogen-bond donors (Lipinski definition) is 1. The molecule has 2 unspecified atom stereocenters. The molecular weight excluding hydrogens is 368 g/mol. The van der Waals surface area contributed by atoms with Crippen molar-refractivity contribution in [2.24, 2.45) is 5.92 Å². The summed E-state index contributed by atoms with van der Waals surface area (Å²) in [7, 11) is -3.40. The summed E-state index contributed by atoms with van der Waals surface area (Å²) in [6.45, 7) is 9.92. The van der Waals surface area contributed by atoms with Crippen LogP contribution in [0.4, 0.5) is 4.79 Å². The average Bonchev–Trinajstić information content (AvgIpc) is 2.85. The third kappa shape index (κ3) is 5.45. The van der Waals surface area contributed by atoms with Crippen molar-refractivity contribution >= 4 is 21.8 Å². The van der Waals surface area contributed by atoms with E-state index in [9.17, 15) is 18.0 Å². The number of aryl methyl sites for hydroxylation is 1. The molecule has 27 heavy (non-hydrogen) atoms. The zero-order valence-corrected chi connectivity index (χ0v) is 17.5. The summed E-state index contributed by atoms with van der Waals surface area (Å²) in [6, 6.07) is 4.34. The van der Waals surface area contributed by atoms with Crippen LogP contribution in [0.5, 0.6) is 0 Å². The van der Waals surface area contributed by atoms with Gasteiger partial charge < -0.3 is 15.0 Å². The van der Waals surface area contributed by atoms with E-state index in [-0.39, 0.29) is 22.8 Å². The number of nitrogens with zero attached hydrogens (tertiary/aromatic N) is 1. The van der Waals surface area contributed by atoms with Crippen LogP contribution < -0.4 is 5.32 Å². The molecule has 2 rings (SSSR count). The molecule has 1 aliphatic heterocycles. The number of amides is 2. The van der Waals surface area contributed by atoms with Crippen molar-refractivity contribution in [3.63, 3.8) is 0 Å². The fraction of sp³-hybridized carbons (Fsp3) is 0.579. The molecule has 1 N–H and O–H groups in total. The predicted octanol–water partition coefficient (Wildman–Crippen LogP) is 2.38. The second-order valence-corrected chi connectivity index (χ2v) is 10.2. The van der Waals surface area contributed by atoms with E-state index in [2.05, 4.69) is 5.32 Å². The molecule has 0 aliphatic carbocycles. The number of nitrogens with one attached hydrogen (secondary N) is 1. The second kappa shape index (κ2) is 7.50. The minimum atomic E-state index is -3.40. The zero-order chi connectivity index (χ0) is 20.6. The molecule has 0 aromatic heterocycles. The first-order chi connectivity index (χ1) is 12.3. The molecule has 0 bridgehead atoms. The van der Waals surface area contributed by atoms with Gasteiger partial charge in [-0.15, -0.1) is 0 Å². The van der Waals surface area contributed by atoms with E-state index >= 15 is 0 Å². The van der Waals surface area contributed by atoms with Crippen LogP contribution in [0.15, 0.2) is 23.1 Å². The van der Waals surface area contributed by atoms with E-state index in [1.165, 1.54) is 12.1 Å². The van der Waals surface area contributed by atoms with E-state index < -0.39 is 21.5 Å². The molecule has 1 aromatic rings. The van der Waals surface area contributed by atoms with Crippen molar-refractivity contribution in [2.45, 2.75) is 51.2 Å². The standard InChI is InChI=1S/C19H28N2O5S/c1-12-7-8-14(27(6,24)25)9-15(12)17(22)21-10-13(2)16(11-21)20-18(23)26-19(3,4)5/h7-9,13,16H,10-11H2,1-6H3,(H,20,23). The van der Waals surface area contributed by atoms with Gasteiger partial charge in [-0.3, -0.25) is 4.79 Å². The minimum Gasteiger partial charge on any atom is -0.444 e. The molecule has 1 aliphatic rings. The maximum absolute atomic E-state index is 12.9. The molecule has 8 heteroatoms.